The fourth-order valence-corrected chi connectivity index (χ4v) is 4.12. The Bertz CT molecular complexity index is 658. The molecule has 7 heteroatoms. The van der Waals surface area contributed by atoms with E-state index < -0.39 is 0 Å². The normalized spacial score (nSPS) is 21.7. The Hall–Kier alpha value is -1.83. The maximum absolute atomic E-state index is 11.5. The van der Waals surface area contributed by atoms with Gasteiger partial charge in [-0.05, 0) is 50.3 Å². The Kier molecular flexibility index (Phi) is 7.15. The number of amides is 1. The van der Waals surface area contributed by atoms with Crippen molar-refractivity contribution in [1.29, 1.82) is 0 Å². The summed E-state index contributed by atoms with van der Waals surface area (Å²) >= 11 is 0. The van der Waals surface area contributed by atoms with Crippen LogP contribution in [0.4, 0.5) is 0 Å². The smallest absolute Gasteiger partial charge is 0.246 e. The van der Waals surface area contributed by atoms with Crippen LogP contribution in [-0.2, 0) is 20.8 Å². The molecule has 1 atom stereocenters. The van der Waals surface area contributed by atoms with Crippen LogP contribution in [-0.4, -0.2) is 67.6 Å². The molecule has 28 heavy (non-hydrogen) atoms. The maximum Gasteiger partial charge on any atom is 0.246 e. The molecule has 1 spiro atoms. The minimum Gasteiger partial charge on any atom is -0.504 e. The van der Waals surface area contributed by atoms with Gasteiger partial charge in [0.15, 0.2) is 11.5 Å². The second kappa shape index (κ2) is 9.58. The monoisotopic (exact) mass is 392 g/mol. The van der Waals surface area contributed by atoms with Crippen LogP contribution in [0.5, 0.6) is 11.5 Å². The lowest BCUT2D eigenvalue weighted by Gasteiger charge is -2.39. The Morgan fingerprint density at radius 3 is 2.86 bits per heavy atom. The average molecular weight is 392 g/mol. The van der Waals surface area contributed by atoms with Gasteiger partial charge in [0.25, 0.3) is 0 Å². The second-order valence-electron chi connectivity index (χ2n) is 7.71. The number of phenols is 1. The summed E-state index contributed by atoms with van der Waals surface area (Å²) in [4.78, 5) is 14.0. The van der Waals surface area contributed by atoms with Gasteiger partial charge in [-0.2, -0.15) is 0 Å². The highest BCUT2D eigenvalue weighted by Gasteiger charge is 2.42. The highest BCUT2D eigenvalue weighted by atomic mass is 16.5. The lowest BCUT2D eigenvalue weighted by molar-refractivity contribution is -0.126. The number of nitrogens with zero attached hydrogens (tertiary/aromatic N) is 1. The van der Waals surface area contributed by atoms with E-state index in [1.54, 1.807) is 6.07 Å². The standard InChI is InChI=1S/C21H32N2O5/c1-3-27-19-12-16(4-5-18(19)24)14-23-10-8-21(9-11-23)7-6-17(28-21)13-22-20(25)15-26-2/h4-5,12,17,24H,3,6-11,13-15H2,1-2H3,(H,22,25)/t17-/m0/s1. The number of aromatic hydroxyl groups is 1. The van der Waals surface area contributed by atoms with E-state index in [2.05, 4.69) is 10.2 Å². The van der Waals surface area contributed by atoms with Crippen LogP contribution in [0.2, 0.25) is 0 Å². The van der Waals surface area contributed by atoms with Crippen LogP contribution < -0.4 is 10.1 Å². The van der Waals surface area contributed by atoms with Crippen LogP contribution in [0.25, 0.3) is 0 Å². The lowest BCUT2D eigenvalue weighted by atomic mass is 9.88. The molecule has 0 unspecified atom stereocenters. The van der Waals surface area contributed by atoms with Crippen molar-refractivity contribution in [3.8, 4) is 11.5 Å². The van der Waals surface area contributed by atoms with Gasteiger partial charge in [-0.3, -0.25) is 9.69 Å². The van der Waals surface area contributed by atoms with E-state index in [1.165, 1.54) is 7.11 Å². The van der Waals surface area contributed by atoms with Crippen molar-refractivity contribution in [2.75, 3.05) is 40.0 Å². The number of likely N-dealkylation sites (tertiary alicyclic amines) is 1. The molecule has 2 saturated heterocycles. The van der Waals surface area contributed by atoms with E-state index in [0.29, 0.717) is 18.9 Å². The molecule has 2 heterocycles. The maximum atomic E-state index is 11.5. The van der Waals surface area contributed by atoms with Crippen molar-refractivity contribution in [1.82, 2.24) is 10.2 Å². The molecule has 7 nitrogen and oxygen atoms in total. The highest BCUT2D eigenvalue weighted by Crippen LogP contribution is 2.39. The van der Waals surface area contributed by atoms with E-state index in [0.717, 1.165) is 50.9 Å². The quantitative estimate of drug-likeness (QED) is 0.705. The number of hydrogen-bond acceptors (Lipinski definition) is 6. The summed E-state index contributed by atoms with van der Waals surface area (Å²) in [7, 11) is 1.52. The van der Waals surface area contributed by atoms with E-state index in [-0.39, 0.29) is 30.0 Å². The van der Waals surface area contributed by atoms with Gasteiger partial charge >= 0.3 is 0 Å². The molecule has 2 aliphatic heterocycles. The molecule has 3 rings (SSSR count). The molecular weight excluding hydrogens is 360 g/mol. The topological polar surface area (TPSA) is 80.3 Å². The number of carbonyl (C=O) groups is 1. The number of ether oxygens (including phenoxy) is 3. The Morgan fingerprint density at radius 2 is 2.14 bits per heavy atom. The number of carbonyl (C=O) groups excluding carboxylic acids is 1. The molecule has 2 fully saturated rings. The second-order valence-corrected chi connectivity index (χ2v) is 7.71. The van der Waals surface area contributed by atoms with Gasteiger partial charge in [0, 0.05) is 33.3 Å². The third-order valence-corrected chi connectivity index (χ3v) is 5.64. The van der Waals surface area contributed by atoms with Crippen LogP contribution in [0.3, 0.4) is 0 Å². The van der Waals surface area contributed by atoms with Crippen molar-refractivity contribution in [2.45, 2.75) is 50.9 Å². The molecule has 156 valence electrons. The van der Waals surface area contributed by atoms with Gasteiger partial charge < -0.3 is 24.6 Å². The van der Waals surface area contributed by atoms with Gasteiger partial charge in [-0.25, -0.2) is 0 Å². The summed E-state index contributed by atoms with van der Waals surface area (Å²) in [5, 5.41) is 12.7. The first-order chi connectivity index (χ1) is 13.5. The number of phenolic OH excluding ortho intramolecular Hbond substituents is 1. The Morgan fingerprint density at radius 1 is 1.36 bits per heavy atom. The summed E-state index contributed by atoms with van der Waals surface area (Å²) in [6.07, 6.45) is 4.15. The summed E-state index contributed by atoms with van der Waals surface area (Å²) in [6, 6.07) is 5.58. The van der Waals surface area contributed by atoms with Crippen LogP contribution >= 0.6 is 0 Å². The number of benzene rings is 1. The minimum atomic E-state index is -0.0952. The predicted octanol–water partition coefficient (Wildman–Crippen LogP) is 2.07. The number of hydrogen-bond donors (Lipinski definition) is 2. The Labute approximate surface area is 166 Å². The number of nitrogens with one attached hydrogen (secondary N) is 1. The third kappa shape index (κ3) is 5.37. The molecule has 0 saturated carbocycles. The van der Waals surface area contributed by atoms with Crippen LogP contribution in [0.1, 0.15) is 38.2 Å². The number of methoxy groups -OCH3 is 1. The molecular formula is C21H32N2O5. The average Bonchev–Trinajstić information content (AvgIpc) is 3.08. The molecule has 1 aromatic carbocycles. The van der Waals surface area contributed by atoms with Gasteiger partial charge in [0.2, 0.25) is 5.91 Å². The van der Waals surface area contributed by atoms with Crippen molar-refractivity contribution < 1.29 is 24.1 Å². The van der Waals surface area contributed by atoms with E-state index in [4.69, 9.17) is 14.2 Å². The minimum absolute atomic E-state index is 0.0431. The fourth-order valence-electron chi connectivity index (χ4n) is 4.12. The van der Waals surface area contributed by atoms with Crippen molar-refractivity contribution in [3.63, 3.8) is 0 Å². The zero-order valence-electron chi connectivity index (χ0n) is 16.9. The summed E-state index contributed by atoms with van der Waals surface area (Å²) < 4.78 is 16.7. The van der Waals surface area contributed by atoms with Crippen LogP contribution in [0, 0.1) is 0 Å². The Balaban J connectivity index is 1.46. The first-order valence-electron chi connectivity index (χ1n) is 10.1. The van der Waals surface area contributed by atoms with Gasteiger partial charge in [-0.1, -0.05) is 6.07 Å². The summed E-state index contributed by atoms with van der Waals surface area (Å²) in [5.41, 5.74) is 1.10. The number of rotatable bonds is 8. The first-order valence-corrected chi connectivity index (χ1v) is 10.1. The largest absolute Gasteiger partial charge is 0.504 e. The zero-order valence-corrected chi connectivity index (χ0v) is 16.9. The van der Waals surface area contributed by atoms with E-state index >= 15 is 0 Å². The van der Waals surface area contributed by atoms with Gasteiger partial charge in [-0.15, -0.1) is 0 Å². The van der Waals surface area contributed by atoms with E-state index in [9.17, 15) is 9.90 Å². The third-order valence-electron chi connectivity index (χ3n) is 5.64. The highest BCUT2D eigenvalue weighted by molar-refractivity contribution is 5.77. The van der Waals surface area contributed by atoms with Crippen molar-refractivity contribution >= 4 is 5.91 Å². The fraction of sp³-hybridized carbons (Fsp3) is 0.667. The molecule has 2 aliphatic rings. The molecule has 0 radical (unpaired) electrons. The molecule has 0 bridgehead atoms. The molecule has 0 aliphatic carbocycles. The lowest BCUT2D eigenvalue weighted by Crippen LogP contribution is -2.45. The molecule has 0 aromatic heterocycles. The van der Waals surface area contributed by atoms with E-state index in [1.807, 2.05) is 19.1 Å². The zero-order chi connectivity index (χ0) is 20.0. The summed E-state index contributed by atoms with van der Waals surface area (Å²) in [5.74, 6) is 0.638. The van der Waals surface area contributed by atoms with Gasteiger partial charge in [0.05, 0.1) is 18.3 Å². The molecule has 1 aromatic rings. The number of piperidine rings is 1. The SMILES string of the molecule is CCOc1cc(CN2CCC3(CC[C@@H](CNC(=O)COC)O3)CC2)ccc1O. The van der Waals surface area contributed by atoms with Crippen LogP contribution in [0.15, 0.2) is 18.2 Å². The summed E-state index contributed by atoms with van der Waals surface area (Å²) in [6.45, 7) is 5.90. The van der Waals surface area contributed by atoms with Crippen molar-refractivity contribution in [2.24, 2.45) is 0 Å². The first kappa shape index (κ1) is 20.9. The molecule has 1 amide bonds. The molecule has 2 N–H and O–H groups in total. The predicted molar refractivity (Wildman–Crippen MR) is 106 cm³/mol. The van der Waals surface area contributed by atoms with Crippen molar-refractivity contribution in [3.05, 3.63) is 23.8 Å². The van der Waals surface area contributed by atoms with Gasteiger partial charge in [0.1, 0.15) is 6.61 Å².